The van der Waals surface area contributed by atoms with E-state index < -0.39 is 10.0 Å². The van der Waals surface area contributed by atoms with Gasteiger partial charge in [-0.2, -0.15) is 5.26 Å². The van der Waals surface area contributed by atoms with Gasteiger partial charge in [-0.3, -0.25) is 0 Å². The molecule has 6 heteroatoms. The van der Waals surface area contributed by atoms with Crippen molar-refractivity contribution >= 4 is 49.5 Å². The van der Waals surface area contributed by atoms with E-state index in [1.165, 1.54) is 19.6 Å². The maximum absolute atomic E-state index is 10.9. The maximum Gasteiger partial charge on any atom is 0.260 e. The predicted octanol–water partition coefficient (Wildman–Crippen LogP) is 11.1. The van der Waals surface area contributed by atoms with Crippen LogP contribution in [0.15, 0.2) is 207 Å². The molecule has 0 unspecified atom stereocenters. The Morgan fingerprint density at radius 1 is 0.643 bits per heavy atom. The molecule has 0 bridgehead atoms. The van der Waals surface area contributed by atoms with Crippen molar-refractivity contribution in [1.29, 1.82) is 5.26 Å². The summed E-state index contributed by atoms with van der Waals surface area (Å²) in [7, 11) is -1.94. The Hall–Kier alpha value is -7.12. The minimum absolute atomic E-state index is 0.207. The number of ether oxygens (including phenoxy) is 2. The van der Waals surface area contributed by atoms with E-state index in [9.17, 15) is 5.26 Å². The zero-order valence-corrected chi connectivity index (χ0v) is 31.3. The van der Waals surface area contributed by atoms with Gasteiger partial charge in [0.05, 0.1) is 22.4 Å². The molecule has 264 valence electrons. The molecule has 0 amide bonds. The summed E-state index contributed by atoms with van der Waals surface area (Å²) in [6, 6.07) is 60.5. The lowest BCUT2D eigenvalue weighted by Gasteiger charge is -2.42. The highest BCUT2D eigenvalue weighted by molar-refractivity contribution is 8.34. The molecule has 2 aliphatic rings. The lowest BCUT2D eigenvalue weighted by molar-refractivity contribution is 0.419. The number of nitrogens with zero attached hydrogens (tertiary/aromatic N) is 2. The molecule has 1 aromatic heterocycles. The number of hydrogen-bond acceptors (Lipinski definition) is 3. The third-order valence-electron chi connectivity index (χ3n) is 11.0. The third-order valence-corrected chi connectivity index (χ3v) is 14.9. The Bertz CT molecular complexity index is 2910. The molecule has 0 atom stereocenters. The van der Waals surface area contributed by atoms with Gasteiger partial charge in [-0.05, 0) is 90.7 Å². The standard InChI is InChI=1S/C50H33BN2O2S/c1-3-4-25-42-34(2)54-47-31-35(33-52)49(50-48(47)51(42)43-26-15-17-28-46(43)55-50)53-44-27-16-14-24-40(44)41-32-39(29-30-45(41)53)56(36-18-8-5-9-19-36,37-20-10-6-11-21-37)38-22-12-7-13-23-38/h1,4-32H,2H3/b25-4-. The molecular formula is C50H33BN2O2S. The highest BCUT2D eigenvalue weighted by Gasteiger charge is 2.42. The van der Waals surface area contributed by atoms with Gasteiger partial charge >= 0.3 is 0 Å². The predicted molar refractivity (Wildman–Crippen MR) is 228 cm³/mol. The molecule has 56 heavy (non-hydrogen) atoms. The van der Waals surface area contributed by atoms with Gasteiger partial charge < -0.3 is 14.0 Å². The second-order valence-electron chi connectivity index (χ2n) is 13.9. The van der Waals surface area contributed by atoms with Gasteiger partial charge in [-0.15, -0.1) is 16.5 Å². The highest BCUT2D eigenvalue weighted by atomic mass is 32.3. The van der Waals surface area contributed by atoms with Crippen molar-refractivity contribution in [2.45, 2.75) is 26.5 Å². The first kappa shape index (κ1) is 33.5. The van der Waals surface area contributed by atoms with Gasteiger partial charge in [-0.1, -0.05) is 103 Å². The van der Waals surface area contributed by atoms with Crippen molar-refractivity contribution in [3.05, 3.63) is 193 Å². The highest BCUT2D eigenvalue weighted by Crippen LogP contribution is 2.73. The first-order valence-electron chi connectivity index (χ1n) is 18.5. The summed E-state index contributed by atoms with van der Waals surface area (Å²) in [4.78, 5) is 4.97. The Morgan fingerprint density at radius 2 is 1.25 bits per heavy atom. The van der Waals surface area contributed by atoms with Crippen LogP contribution in [-0.2, 0) is 0 Å². The molecule has 0 fully saturated rings. The molecule has 7 aromatic carbocycles. The van der Waals surface area contributed by atoms with Gasteiger partial charge in [0.2, 0.25) is 0 Å². The van der Waals surface area contributed by atoms with Crippen LogP contribution in [0.4, 0.5) is 0 Å². The minimum Gasteiger partial charge on any atom is -0.463 e. The number of benzene rings is 7. The van der Waals surface area contributed by atoms with E-state index in [2.05, 4.69) is 156 Å². The first-order chi connectivity index (χ1) is 27.6. The second-order valence-corrected chi connectivity index (χ2v) is 17.0. The largest absolute Gasteiger partial charge is 0.463 e. The van der Waals surface area contributed by atoms with Crippen molar-refractivity contribution in [1.82, 2.24) is 4.57 Å². The van der Waals surface area contributed by atoms with Gasteiger partial charge in [0.15, 0.2) is 5.75 Å². The summed E-state index contributed by atoms with van der Waals surface area (Å²) in [5, 5.41) is 13.1. The number of rotatable bonds is 6. The molecule has 2 aliphatic heterocycles. The van der Waals surface area contributed by atoms with Crippen LogP contribution in [0.5, 0.6) is 17.2 Å². The number of allylic oxidation sites excluding steroid dienone is 4. The van der Waals surface area contributed by atoms with Crippen molar-refractivity contribution in [2.24, 2.45) is 0 Å². The number of aromatic nitrogens is 1. The van der Waals surface area contributed by atoms with Gasteiger partial charge in [0.1, 0.15) is 23.3 Å². The van der Waals surface area contributed by atoms with Gasteiger partial charge in [0.25, 0.3) is 6.71 Å². The molecule has 0 saturated carbocycles. The van der Waals surface area contributed by atoms with E-state index in [4.69, 9.17) is 15.9 Å². The summed E-state index contributed by atoms with van der Waals surface area (Å²) in [6.07, 6.45) is 9.38. The van der Waals surface area contributed by atoms with Gasteiger partial charge in [0, 0.05) is 41.9 Å². The van der Waals surface area contributed by atoms with Crippen LogP contribution in [0.3, 0.4) is 0 Å². The average Bonchev–Trinajstić information content (AvgIpc) is 3.58. The molecule has 0 radical (unpaired) electrons. The van der Waals surface area contributed by atoms with Crippen LogP contribution in [0.2, 0.25) is 0 Å². The Labute approximate surface area is 328 Å². The summed E-state index contributed by atoms with van der Waals surface area (Å²) < 4.78 is 15.6. The maximum atomic E-state index is 10.9. The van der Waals surface area contributed by atoms with Crippen molar-refractivity contribution in [3.8, 4) is 41.3 Å². The molecule has 10 rings (SSSR count). The van der Waals surface area contributed by atoms with E-state index in [0.717, 1.165) is 49.7 Å². The van der Waals surface area contributed by atoms with E-state index in [-0.39, 0.29) is 6.71 Å². The Morgan fingerprint density at radius 3 is 1.91 bits per heavy atom. The van der Waals surface area contributed by atoms with E-state index in [0.29, 0.717) is 22.7 Å². The molecule has 8 aromatic rings. The monoisotopic (exact) mass is 736 g/mol. The quantitative estimate of drug-likeness (QED) is 0.126. The number of hydrogen-bond donors (Lipinski definition) is 0. The zero-order valence-electron chi connectivity index (χ0n) is 30.5. The van der Waals surface area contributed by atoms with Crippen molar-refractivity contribution < 1.29 is 9.47 Å². The molecule has 4 nitrogen and oxygen atoms in total. The molecule has 0 saturated heterocycles. The number of nitriles is 1. The normalized spacial score (nSPS) is 13.4. The number of terminal acetylenes is 1. The summed E-state index contributed by atoms with van der Waals surface area (Å²) >= 11 is 0. The average molecular weight is 737 g/mol. The van der Waals surface area contributed by atoms with Crippen LogP contribution in [-0.4, -0.2) is 11.3 Å². The van der Waals surface area contributed by atoms with Crippen molar-refractivity contribution in [3.63, 3.8) is 0 Å². The molecule has 3 heterocycles. The summed E-state index contributed by atoms with van der Waals surface area (Å²) in [5.41, 5.74) is 5.94. The lowest BCUT2D eigenvalue weighted by Crippen LogP contribution is -2.51. The minimum atomic E-state index is -1.94. The van der Waals surface area contributed by atoms with Crippen LogP contribution in [0.1, 0.15) is 12.5 Å². The molecule has 0 N–H and O–H groups in total. The van der Waals surface area contributed by atoms with E-state index in [1.54, 1.807) is 6.08 Å². The molecule has 0 spiro atoms. The summed E-state index contributed by atoms with van der Waals surface area (Å²) in [6.45, 7) is 1.74. The fourth-order valence-electron chi connectivity index (χ4n) is 8.66. The fourth-order valence-corrected chi connectivity index (χ4v) is 12.6. The van der Waals surface area contributed by atoms with Crippen molar-refractivity contribution in [2.75, 3.05) is 0 Å². The van der Waals surface area contributed by atoms with E-state index >= 15 is 0 Å². The van der Waals surface area contributed by atoms with Crippen LogP contribution in [0.25, 0.3) is 27.5 Å². The zero-order chi connectivity index (χ0) is 37.8. The van der Waals surface area contributed by atoms with Crippen LogP contribution >= 0.6 is 10.0 Å². The Kier molecular flexibility index (Phi) is 7.96. The topological polar surface area (TPSA) is 47.2 Å². The van der Waals surface area contributed by atoms with E-state index in [1.807, 2.05) is 37.3 Å². The second kappa shape index (κ2) is 13.3. The summed E-state index contributed by atoms with van der Waals surface area (Å²) in [5.74, 6) is 5.34. The van der Waals surface area contributed by atoms with Crippen LogP contribution in [0, 0.1) is 23.7 Å². The smallest absolute Gasteiger partial charge is 0.260 e. The third kappa shape index (κ3) is 4.90. The molecular weight excluding hydrogens is 703 g/mol. The first-order valence-corrected chi connectivity index (χ1v) is 20.2. The van der Waals surface area contributed by atoms with Gasteiger partial charge in [-0.25, -0.2) is 0 Å². The molecule has 0 aliphatic carbocycles. The number of fused-ring (bicyclic) bond motifs is 5. The Balaban J connectivity index is 1.29. The number of para-hydroxylation sites is 2. The lowest BCUT2D eigenvalue weighted by atomic mass is 9.34. The fraction of sp³-hybridized carbons (Fsp3) is 0.0200. The SMILES string of the molecule is C#C/C=C\C1=C(C)Oc2cc(C#N)c(-n3c4ccccc4c4cc(S(c5ccccc5)(c5ccccc5)c5ccccc5)ccc43)c3c2B1c1ccccc1O3. The van der Waals surface area contributed by atoms with Crippen LogP contribution < -0.4 is 20.4 Å².